The van der Waals surface area contributed by atoms with Crippen LogP contribution in [0.15, 0.2) is 18.2 Å². The first-order chi connectivity index (χ1) is 11.7. The predicted octanol–water partition coefficient (Wildman–Crippen LogP) is 2.63. The van der Waals surface area contributed by atoms with Gasteiger partial charge in [-0.25, -0.2) is 9.18 Å². The summed E-state index contributed by atoms with van der Waals surface area (Å²) in [6.45, 7) is 1.22. The number of methoxy groups -OCH3 is 1. The van der Waals surface area contributed by atoms with Gasteiger partial charge in [0.25, 0.3) is 0 Å². The molecule has 24 heavy (non-hydrogen) atoms. The fourth-order valence-corrected chi connectivity index (χ4v) is 3.17. The third-order valence-corrected chi connectivity index (χ3v) is 4.71. The second-order valence-corrected chi connectivity index (χ2v) is 6.59. The van der Waals surface area contributed by atoms with E-state index >= 15 is 0 Å². The zero-order valence-corrected chi connectivity index (χ0v) is 14.0. The van der Waals surface area contributed by atoms with E-state index in [0.29, 0.717) is 25.0 Å². The maximum atomic E-state index is 13.4. The zero-order valence-electron chi connectivity index (χ0n) is 14.0. The molecule has 2 aliphatic rings. The first kappa shape index (κ1) is 17.0. The number of carbonyl (C=O) groups is 1. The summed E-state index contributed by atoms with van der Waals surface area (Å²) in [7, 11) is 1.44. The number of amides is 2. The Morgan fingerprint density at radius 2 is 2.21 bits per heavy atom. The highest BCUT2D eigenvalue weighted by atomic mass is 19.1. The number of halogens is 1. The van der Waals surface area contributed by atoms with Crippen LogP contribution in [-0.4, -0.2) is 38.4 Å². The van der Waals surface area contributed by atoms with Crippen LogP contribution in [0.4, 0.5) is 9.18 Å². The Hall–Kier alpha value is -1.82. The lowest BCUT2D eigenvalue weighted by Crippen LogP contribution is -2.47. The van der Waals surface area contributed by atoms with Crippen LogP contribution in [0.3, 0.4) is 0 Å². The third kappa shape index (κ3) is 4.60. The summed E-state index contributed by atoms with van der Waals surface area (Å²) >= 11 is 0. The Balaban J connectivity index is 1.39. The van der Waals surface area contributed by atoms with Crippen LogP contribution < -0.4 is 15.4 Å². The van der Waals surface area contributed by atoms with Crippen molar-refractivity contribution in [1.29, 1.82) is 0 Å². The zero-order chi connectivity index (χ0) is 16.9. The van der Waals surface area contributed by atoms with Crippen LogP contribution >= 0.6 is 0 Å². The molecular formula is C18H25FN2O3. The van der Waals surface area contributed by atoms with E-state index < -0.39 is 0 Å². The highest BCUT2D eigenvalue weighted by Crippen LogP contribution is 2.38. The number of benzene rings is 1. The topological polar surface area (TPSA) is 59.6 Å². The van der Waals surface area contributed by atoms with E-state index in [9.17, 15) is 9.18 Å². The third-order valence-electron chi connectivity index (χ3n) is 4.71. The molecule has 0 spiro atoms. The number of nitrogens with one attached hydrogen (secondary N) is 2. The lowest BCUT2D eigenvalue weighted by Gasteiger charge is -2.30. The molecule has 0 radical (unpaired) electrons. The van der Waals surface area contributed by atoms with E-state index in [1.165, 1.54) is 26.0 Å². The summed E-state index contributed by atoms with van der Waals surface area (Å²) in [6.07, 6.45) is 5.23. The Labute approximate surface area is 141 Å². The molecule has 6 heteroatoms. The number of carbonyl (C=O) groups excluding carboxylic acids is 1. The molecule has 0 unspecified atom stereocenters. The van der Waals surface area contributed by atoms with Gasteiger partial charge in [-0.05, 0) is 55.7 Å². The van der Waals surface area contributed by atoms with Crippen molar-refractivity contribution in [1.82, 2.24) is 10.6 Å². The van der Waals surface area contributed by atoms with Crippen molar-refractivity contribution in [3.05, 3.63) is 29.6 Å². The lowest BCUT2D eigenvalue weighted by molar-refractivity contribution is -0.00913. The van der Waals surface area contributed by atoms with Gasteiger partial charge in [0.1, 0.15) is 0 Å². The SMILES string of the molecule is COc1cc(CCNC(=O)N[C@H]2CCO[C@H](C3CC3)C2)ccc1F. The molecule has 132 valence electrons. The molecule has 2 fully saturated rings. The van der Waals surface area contributed by atoms with Crippen molar-refractivity contribution in [2.45, 2.75) is 44.2 Å². The van der Waals surface area contributed by atoms with Crippen LogP contribution in [-0.2, 0) is 11.2 Å². The molecule has 3 rings (SSSR count). The molecule has 1 aliphatic heterocycles. The highest BCUT2D eigenvalue weighted by molar-refractivity contribution is 5.74. The van der Waals surface area contributed by atoms with Crippen LogP contribution in [0.1, 0.15) is 31.2 Å². The highest BCUT2D eigenvalue weighted by Gasteiger charge is 2.36. The Kier molecular flexibility index (Phi) is 5.56. The van der Waals surface area contributed by atoms with Gasteiger partial charge < -0.3 is 20.1 Å². The second kappa shape index (κ2) is 7.83. The van der Waals surface area contributed by atoms with Crippen molar-refractivity contribution in [2.75, 3.05) is 20.3 Å². The molecule has 1 saturated carbocycles. The summed E-state index contributed by atoms with van der Waals surface area (Å²) in [5, 5.41) is 5.90. The van der Waals surface area contributed by atoms with E-state index in [1.807, 2.05) is 0 Å². The minimum absolute atomic E-state index is 0.148. The molecule has 2 atom stereocenters. The van der Waals surface area contributed by atoms with Gasteiger partial charge >= 0.3 is 6.03 Å². The standard InChI is InChI=1S/C18H25FN2O3/c1-23-17-10-12(2-5-15(17)19)6-8-20-18(22)21-14-7-9-24-16(11-14)13-3-4-13/h2,5,10,13-14,16H,3-4,6-9,11H2,1H3,(H2,20,21,22)/t14-,16-/m0/s1. The van der Waals surface area contributed by atoms with Crippen molar-refractivity contribution >= 4 is 6.03 Å². The summed E-state index contributed by atoms with van der Waals surface area (Å²) in [5.41, 5.74) is 0.924. The first-order valence-corrected chi connectivity index (χ1v) is 8.64. The molecule has 1 heterocycles. The van der Waals surface area contributed by atoms with Gasteiger partial charge in [0.2, 0.25) is 0 Å². The maximum absolute atomic E-state index is 13.4. The Morgan fingerprint density at radius 1 is 1.38 bits per heavy atom. The average Bonchev–Trinajstić information content (AvgIpc) is 3.41. The van der Waals surface area contributed by atoms with E-state index in [-0.39, 0.29) is 23.6 Å². The molecule has 1 aliphatic carbocycles. The molecular weight excluding hydrogens is 311 g/mol. The normalized spacial score (nSPS) is 23.6. The molecule has 1 saturated heterocycles. The molecule has 1 aromatic rings. The van der Waals surface area contributed by atoms with Gasteiger partial charge in [0.15, 0.2) is 11.6 Å². The lowest BCUT2D eigenvalue weighted by atomic mass is 10.0. The average molecular weight is 336 g/mol. The molecule has 0 bridgehead atoms. The minimum Gasteiger partial charge on any atom is -0.494 e. The summed E-state index contributed by atoms with van der Waals surface area (Å²) in [6, 6.07) is 4.79. The van der Waals surface area contributed by atoms with Gasteiger partial charge in [-0.15, -0.1) is 0 Å². The quantitative estimate of drug-likeness (QED) is 0.839. The van der Waals surface area contributed by atoms with Gasteiger partial charge in [0.05, 0.1) is 13.2 Å². The van der Waals surface area contributed by atoms with E-state index in [1.54, 1.807) is 12.1 Å². The van der Waals surface area contributed by atoms with Crippen molar-refractivity contribution in [3.8, 4) is 5.75 Å². The van der Waals surface area contributed by atoms with Crippen molar-refractivity contribution < 1.29 is 18.7 Å². The molecule has 0 aromatic heterocycles. The van der Waals surface area contributed by atoms with Crippen molar-refractivity contribution in [3.63, 3.8) is 0 Å². The van der Waals surface area contributed by atoms with Gasteiger partial charge in [0, 0.05) is 19.2 Å². The fraction of sp³-hybridized carbons (Fsp3) is 0.611. The monoisotopic (exact) mass is 336 g/mol. The molecule has 1 aromatic carbocycles. The maximum Gasteiger partial charge on any atom is 0.315 e. The van der Waals surface area contributed by atoms with Crippen molar-refractivity contribution in [2.24, 2.45) is 5.92 Å². The largest absolute Gasteiger partial charge is 0.494 e. The van der Waals surface area contributed by atoms with E-state index in [0.717, 1.165) is 25.0 Å². The smallest absolute Gasteiger partial charge is 0.315 e. The van der Waals surface area contributed by atoms with Crippen LogP contribution in [0.5, 0.6) is 5.75 Å². The van der Waals surface area contributed by atoms with E-state index in [4.69, 9.17) is 9.47 Å². The molecule has 5 nitrogen and oxygen atoms in total. The van der Waals surface area contributed by atoms with Crippen LogP contribution in [0.2, 0.25) is 0 Å². The fourth-order valence-electron chi connectivity index (χ4n) is 3.17. The van der Waals surface area contributed by atoms with Gasteiger partial charge in [-0.2, -0.15) is 0 Å². The minimum atomic E-state index is -0.378. The molecule has 2 amide bonds. The number of urea groups is 1. The predicted molar refractivity (Wildman–Crippen MR) is 88.7 cm³/mol. The number of hydrogen-bond acceptors (Lipinski definition) is 3. The summed E-state index contributed by atoms with van der Waals surface area (Å²) in [5.74, 6) is 0.549. The number of ether oxygens (including phenoxy) is 2. The van der Waals surface area contributed by atoms with Crippen LogP contribution in [0.25, 0.3) is 0 Å². The summed E-state index contributed by atoms with van der Waals surface area (Å²) < 4.78 is 24.1. The second-order valence-electron chi connectivity index (χ2n) is 6.59. The number of hydrogen-bond donors (Lipinski definition) is 2. The van der Waals surface area contributed by atoms with Gasteiger partial charge in [-0.1, -0.05) is 6.07 Å². The molecule has 2 N–H and O–H groups in total. The summed E-state index contributed by atoms with van der Waals surface area (Å²) in [4.78, 5) is 12.0. The number of rotatable bonds is 6. The van der Waals surface area contributed by atoms with Gasteiger partial charge in [-0.3, -0.25) is 0 Å². The Bertz CT molecular complexity index is 577. The first-order valence-electron chi connectivity index (χ1n) is 8.64. The van der Waals surface area contributed by atoms with Crippen LogP contribution in [0, 0.1) is 11.7 Å². The Morgan fingerprint density at radius 3 is 2.96 bits per heavy atom. The van der Waals surface area contributed by atoms with E-state index in [2.05, 4.69) is 10.6 Å².